The number of halogens is 1. The minimum atomic E-state index is -1.01. The molecule has 0 aromatic carbocycles. The maximum atomic E-state index is 14.5. The van der Waals surface area contributed by atoms with Crippen LogP contribution in [0.4, 0.5) is 4.39 Å². The Balaban J connectivity index is 1.39. The summed E-state index contributed by atoms with van der Waals surface area (Å²) in [6.07, 6.45) is 7.11. The van der Waals surface area contributed by atoms with Crippen LogP contribution in [0.3, 0.4) is 0 Å². The van der Waals surface area contributed by atoms with Gasteiger partial charge in [0.25, 0.3) is 5.91 Å². The minimum absolute atomic E-state index is 0.405. The Kier molecular flexibility index (Phi) is 6.59. The number of hydrogen-bond acceptors (Lipinski definition) is 6. The fourth-order valence-electron chi connectivity index (χ4n) is 3.78. The first-order valence-corrected chi connectivity index (χ1v) is 11.1. The summed E-state index contributed by atoms with van der Waals surface area (Å²) in [5.74, 6) is -0.0887. The lowest BCUT2D eigenvalue weighted by molar-refractivity contribution is -0.119. The summed E-state index contributed by atoms with van der Waals surface area (Å²) in [5, 5.41) is 3.81. The van der Waals surface area contributed by atoms with Gasteiger partial charge in [0.2, 0.25) is 0 Å². The van der Waals surface area contributed by atoms with Crippen molar-refractivity contribution in [1.29, 1.82) is 0 Å². The van der Waals surface area contributed by atoms with Crippen LogP contribution in [0.1, 0.15) is 25.7 Å². The zero-order valence-electron chi connectivity index (χ0n) is 15.9. The number of amidine groups is 1. The summed E-state index contributed by atoms with van der Waals surface area (Å²) in [6, 6.07) is 0. The Morgan fingerprint density at radius 2 is 1.96 bits per heavy atom. The van der Waals surface area contributed by atoms with Crippen molar-refractivity contribution in [2.24, 2.45) is 21.8 Å². The molecule has 3 aliphatic heterocycles. The fourth-order valence-corrected chi connectivity index (χ4v) is 4.82. The smallest absolute Gasteiger partial charge is 0.263 e. The monoisotopic (exact) mass is 407 g/mol. The lowest BCUT2D eigenvalue weighted by Gasteiger charge is -2.25. The largest absolute Gasteiger partial charge is 0.493 e. The normalized spacial score (nSPS) is 26.8. The van der Waals surface area contributed by atoms with Gasteiger partial charge >= 0.3 is 0 Å². The molecule has 4 rings (SSSR count). The Bertz CT molecular complexity index is 722. The predicted octanol–water partition coefficient (Wildman–Crippen LogP) is 2.66. The number of nitrogens with zero attached hydrogens (tertiary/aromatic N) is 2. The molecule has 4 aliphatic rings. The van der Waals surface area contributed by atoms with Crippen molar-refractivity contribution >= 4 is 29.2 Å². The molecule has 8 heteroatoms. The molecule has 2 saturated heterocycles. The Morgan fingerprint density at radius 1 is 1.18 bits per heavy atom. The van der Waals surface area contributed by atoms with Gasteiger partial charge in [-0.05, 0) is 44.7 Å². The van der Waals surface area contributed by atoms with E-state index in [2.05, 4.69) is 15.3 Å². The van der Waals surface area contributed by atoms with Crippen molar-refractivity contribution in [3.63, 3.8) is 0 Å². The zero-order chi connectivity index (χ0) is 19.3. The van der Waals surface area contributed by atoms with E-state index >= 15 is 0 Å². The van der Waals surface area contributed by atoms with Crippen LogP contribution in [0.25, 0.3) is 0 Å². The van der Waals surface area contributed by atoms with Crippen molar-refractivity contribution in [2.45, 2.75) is 30.9 Å². The highest BCUT2D eigenvalue weighted by molar-refractivity contribution is 8.00. The number of thioether (sulfide) groups is 1. The molecule has 1 atom stereocenters. The van der Waals surface area contributed by atoms with E-state index in [1.54, 1.807) is 17.8 Å². The number of hydrogen-bond donors (Lipinski definition) is 1. The molecule has 0 bridgehead atoms. The van der Waals surface area contributed by atoms with Crippen LogP contribution in [-0.4, -0.2) is 61.4 Å². The van der Waals surface area contributed by atoms with Gasteiger partial charge in [-0.2, -0.15) is 16.8 Å². The first-order chi connectivity index (χ1) is 13.7. The number of ether oxygens (including phenoxy) is 2. The van der Waals surface area contributed by atoms with Crippen LogP contribution >= 0.6 is 11.8 Å². The lowest BCUT2D eigenvalue weighted by Crippen LogP contribution is -2.32. The van der Waals surface area contributed by atoms with Crippen molar-refractivity contribution in [3.05, 3.63) is 23.7 Å². The van der Waals surface area contributed by atoms with Crippen molar-refractivity contribution in [1.82, 2.24) is 5.32 Å². The predicted molar refractivity (Wildman–Crippen MR) is 108 cm³/mol. The molecule has 152 valence electrons. The summed E-state index contributed by atoms with van der Waals surface area (Å²) in [7, 11) is 0. The van der Waals surface area contributed by atoms with E-state index in [1.165, 1.54) is 6.08 Å². The summed E-state index contributed by atoms with van der Waals surface area (Å²) < 4.78 is 25.7. The van der Waals surface area contributed by atoms with E-state index in [1.807, 2.05) is 0 Å². The number of nitrogens with one attached hydrogen (secondary N) is 1. The molecule has 0 spiro atoms. The fraction of sp³-hybridized carbons (Fsp3) is 0.650. The quantitative estimate of drug-likeness (QED) is 0.733. The first-order valence-electron chi connectivity index (χ1n) is 10.0. The summed E-state index contributed by atoms with van der Waals surface area (Å²) >= 11 is 1.74. The molecule has 0 radical (unpaired) electrons. The standard InChI is InChI=1S/C20H26FN3O3S/c21-16-9-14(27-11-13-1-5-22-6-2-13)10-17-19(16)20(25)24-18(23-17)12-28-15-3-7-26-8-4-15/h9-10,13,15,19,22H,1-8,11-12H2. The molecule has 28 heavy (non-hydrogen) atoms. The van der Waals surface area contributed by atoms with E-state index in [0.29, 0.717) is 40.8 Å². The number of aliphatic imine (C=N–C) groups is 2. The van der Waals surface area contributed by atoms with E-state index in [0.717, 1.165) is 52.0 Å². The van der Waals surface area contributed by atoms with Gasteiger partial charge in [0.1, 0.15) is 23.3 Å². The molecule has 2 fully saturated rings. The number of allylic oxidation sites excluding steroid dienone is 2. The second kappa shape index (κ2) is 9.33. The van der Waals surface area contributed by atoms with Gasteiger partial charge in [-0.25, -0.2) is 9.38 Å². The maximum absolute atomic E-state index is 14.5. The van der Waals surface area contributed by atoms with Gasteiger partial charge in [-0.3, -0.25) is 4.79 Å². The third-order valence-corrected chi connectivity index (χ3v) is 6.81. The highest BCUT2D eigenvalue weighted by Gasteiger charge is 2.35. The maximum Gasteiger partial charge on any atom is 0.263 e. The summed E-state index contributed by atoms with van der Waals surface area (Å²) in [5.41, 5.74) is 0.405. The van der Waals surface area contributed by atoms with Gasteiger partial charge in [0.05, 0.1) is 18.1 Å². The summed E-state index contributed by atoms with van der Waals surface area (Å²) in [4.78, 5) is 20.9. The second-order valence-corrected chi connectivity index (χ2v) is 8.83. The number of fused-ring (bicyclic) bond motifs is 1. The van der Waals surface area contributed by atoms with Crippen LogP contribution in [-0.2, 0) is 14.3 Å². The Morgan fingerprint density at radius 3 is 2.75 bits per heavy atom. The number of rotatable bonds is 6. The molecule has 0 saturated carbocycles. The number of piperidine rings is 1. The van der Waals surface area contributed by atoms with Gasteiger partial charge in [0, 0.05) is 30.6 Å². The van der Waals surface area contributed by atoms with Crippen LogP contribution in [0.15, 0.2) is 33.7 Å². The molecule has 1 unspecified atom stereocenters. The average molecular weight is 408 g/mol. The molecular weight excluding hydrogens is 381 g/mol. The molecule has 3 heterocycles. The van der Waals surface area contributed by atoms with E-state index < -0.39 is 17.7 Å². The van der Waals surface area contributed by atoms with Crippen LogP contribution in [0.2, 0.25) is 0 Å². The first kappa shape index (κ1) is 19.8. The van der Waals surface area contributed by atoms with Gasteiger partial charge in [-0.1, -0.05) is 0 Å². The van der Waals surface area contributed by atoms with Gasteiger partial charge in [-0.15, -0.1) is 0 Å². The van der Waals surface area contributed by atoms with E-state index in [9.17, 15) is 9.18 Å². The van der Waals surface area contributed by atoms with Gasteiger partial charge < -0.3 is 14.8 Å². The minimum Gasteiger partial charge on any atom is -0.493 e. The van der Waals surface area contributed by atoms with E-state index in [4.69, 9.17) is 9.47 Å². The van der Waals surface area contributed by atoms with Crippen molar-refractivity contribution in [2.75, 3.05) is 38.7 Å². The molecule has 0 aromatic rings. The van der Waals surface area contributed by atoms with E-state index in [-0.39, 0.29) is 0 Å². The average Bonchev–Trinajstić information content (AvgIpc) is 2.72. The second-order valence-electron chi connectivity index (χ2n) is 7.54. The third kappa shape index (κ3) is 4.90. The van der Waals surface area contributed by atoms with Crippen LogP contribution in [0, 0.1) is 11.8 Å². The SMILES string of the molecule is O=C1N=C(CSC2CCOCC2)N=C2C=C(OCC3CCNCC3)C=C(F)C12. The Hall–Kier alpha value is -1.51. The molecule has 1 N–H and O–H groups in total. The van der Waals surface area contributed by atoms with Crippen LogP contribution < -0.4 is 5.32 Å². The molecule has 1 amide bonds. The number of carbonyl (C=O) groups excluding carboxylic acids is 1. The zero-order valence-corrected chi connectivity index (χ0v) is 16.7. The summed E-state index contributed by atoms with van der Waals surface area (Å²) in [6.45, 7) is 4.09. The third-order valence-electron chi connectivity index (χ3n) is 5.45. The number of amides is 1. The van der Waals surface area contributed by atoms with Gasteiger partial charge in [0.15, 0.2) is 0 Å². The highest BCUT2D eigenvalue weighted by atomic mass is 32.2. The number of carbonyl (C=O) groups is 1. The van der Waals surface area contributed by atoms with Crippen LogP contribution in [0.5, 0.6) is 0 Å². The molecular formula is C20H26FN3O3S. The van der Waals surface area contributed by atoms with Crippen molar-refractivity contribution in [3.8, 4) is 0 Å². The van der Waals surface area contributed by atoms with Crippen molar-refractivity contribution < 1.29 is 18.7 Å². The molecule has 0 aromatic heterocycles. The lowest BCUT2D eigenvalue weighted by atomic mass is 9.94. The Labute approximate surface area is 168 Å². The highest BCUT2D eigenvalue weighted by Crippen LogP contribution is 2.29. The topological polar surface area (TPSA) is 72.3 Å². The molecule has 1 aliphatic carbocycles. The molecule has 6 nitrogen and oxygen atoms in total.